The van der Waals surface area contributed by atoms with Crippen LogP contribution in [-0.2, 0) is 0 Å². The Hall–Kier alpha value is -1.71. The van der Waals surface area contributed by atoms with E-state index in [9.17, 15) is 9.90 Å². The van der Waals surface area contributed by atoms with Gasteiger partial charge in [-0.05, 0) is 39.8 Å². The summed E-state index contributed by atoms with van der Waals surface area (Å²) in [5.41, 5.74) is 2.09. The third-order valence-electron chi connectivity index (χ3n) is 3.47. The van der Waals surface area contributed by atoms with Gasteiger partial charge in [-0.15, -0.1) is 0 Å². The molecule has 0 atom stereocenters. The van der Waals surface area contributed by atoms with Crippen LogP contribution in [0.3, 0.4) is 0 Å². The first-order chi connectivity index (χ1) is 9.14. The summed E-state index contributed by atoms with van der Waals surface area (Å²) in [6, 6.07) is 3.60. The van der Waals surface area contributed by atoms with E-state index in [1.54, 1.807) is 6.07 Å². The first kappa shape index (κ1) is 15.3. The SMILES string of the molecule is CCN(CC)c1ccc(C=O)c(O)c1N(CC)CC. The average molecular weight is 264 g/mol. The third-order valence-corrected chi connectivity index (χ3v) is 3.47. The maximum Gasteiger partial charge on any atom is 0.153 e. The second-order valence-corrected chi connectivity index (χ2v) is 4.33. The van der Waals surface area contributed by atoms with Crippen molar-refractivity contribution in [3.63, 3.8) is 0 Å². The number of phenols is 1. The lowest BCUT2D eigenvalue weighted by molar-refractivity contribution is 0.112. The lowest BCUT2D eigenvalue weighted by Gasteiger charge is -2.31. The van der Waals surface area contributed by atoms with Gasteiger partial charge in [-0.25, -0.2) is 0 Å². The monoisotopic (exact) mass is 264 g/mol. The van der Waals surface area contributed by atoms with E-state index >= 15 is 0 Å². The molecule has 0 aromatic heterocycles. The molecule has 0 heterocycles. The third kappa shape index (κ3) is 3.00. The summed E-state index contributed by atoms with van der Waals surface area (Å²) in [5, 5.41) is 10.3. The summed E-state index contributed by atoms with van der Waals surface area (Å²) in [6.45, 7) is 11.6. The van der Waals surface area contributed by atoms with Crippen LogP contribution in [0.5, 0.6) is 5.75 Å². The van der Waals surface area contributed by atoms with Crippen molar-refractivity contribution >= 4 is 17.7 Å². The first-order valence-corrected chi connectivity index (χ1v) is 6.95. The molecule has 0 radical (unpaired) electrons. The lowest BCUT2D eigenvalue weighted by atomic mass is 10.1. The highest BCUT2D eigenvalue weighted by Crippen LogP contribution is 2.39. The van der Waals surface area contributed by atoms with Crippen molar-refractivity contribution < 1.29 is 9.90 Å². The molecule has 1 aromatic rings. The Labute approximate surface area is 115 Å². The predicted octanol–water partition coefficient (Wildman–Crippen LogP) is 2.90. The number of phenolic OH excluding ortho intramolecular Hbond substituents is 1. The topological polar surface area (TPSA) is 43.8 Å². The molecule has 1 N–H and O–H groups in total. The molecule has 4 heteroatoms. The van der Waals surface area contributed by atoms with Gasteiger partial charge in [0.15, 0.2) is 12.0 Å². The van der Waals surface area contributed by atoms with Gasteiger partial charge in [0.1, 0.15) is 5.69 Å². The molecule has 1 rings (SSSR count). The van der Waals surface area contributed by atoms with E-state index < -0.39 is 0 Å². The maximum atomic E-state index is 11.0. The first-order valence-electron chi connectivity index (χ1n) is 6.95. The molecule has 0 aliphatic carbocycles. The van der Waals surface area contributed by atoms with E-state index in [4.69, 9.17) is 0 Å². The van der Waals surface area contributed by atoms with Gasteiger partial charge >= 0.3 is 0 Å². The Morgan fingerprint density at radius 1 is 1.00 bits per heavy atom. The highest BCUT2D eigenvalue weighted by molar-refractivity contribution is 5.89. The van der Waals surface area contributed by atoms with Gasteiger partial charge in [0.05, 0.1) is 11.3 Å². The van der Waals surface area contributed by atoms with Crippen LogP contribution < -0.4 is 9.80 Å². The average Bonchev–Trinajstić information content (AvgIpc) is 2.44. The number of hydrogen-bond acceptors (Lipinski definition) is 4. The van der Waals surface area contributed by atoms with Crippen LogP contribution in [0.25, 0.3) is 0 Å². The number of anilines is 2. The van der Waals surface area contributed by atoms with Crippen LogP contribution in [0.2, 0.25) is 0 Å². The van der Waals surface area contributed by atoms with Crippen LogP contribution in [0.15, 0.2) is 12.1 Å². The van der Waals surface area contributed by atoms with E-state index in [1.807, 2.05) is 19.9 Å². The molecule has 19 heavy (non-hydrogen) atoms. The molecule has 0 saturated heterocycles. The summed E-state index contributed by atoms with van der Waals surface area (Å²) in [4.78, 5) is 15.3. The van der Waals surface area contributed by atoms with Gasteiger partial charge in [-0.2, -0.15) is 0 Å². The number of carbonyl (C=O) groups excluding carboxylic acids is 1. The van der Waals surface area contributed by atoms with Gasteiger partial charge in [0, 0.05) is 26.2 Å². The molecule has 0 aliphatic heterocycles. The van der Waals surface area contributed by atoms with Crippen molar-refractivity contribution in [3.8, 4) is 5.75 Å². The highest BCUT2D eigenvalue weighted by Gasteiger charge is 2.19. The Morgan fingerprint density at radius 3 is 1.95 bits per heavy atom. The summed E-state index contributed by atoms with van der Waals surface area (Å²) in [6.07, 6.45) is 0.703. The molecule has 0 aliphatic rings. The molecule has 0 amide bonds. The van der Waals surface area contributed by atoms with Crippen molar-refractivity contribution in [1.29, 1.82) is 0 Å². The minimum Gasteiger partial charge on any atom is -0.505 e. The van der Waals surface area contributed by atoms with Crippen LogP contribution in [-0.4, -0.2) is 37.6 Å². The number of aromatic hydroxyl groups is 1. The quantitative estimate of drug-likeness (QED) is 0.769. The molecule has 0 fully saturated rings. The van der Waals surface area contributed by atoms with Crippen LogP contribution >= 0.6 is 0 Å². The molecule has 0 saturated carbocycles. The van der Waals surface area contributed by atoms with Gasteiger partial charge in [0.25, 0.3) is 0 Å². The second kappa shape index (κ2) is 7.02. The van der Waals surface area contributed by atoms with Crippen molar-refractivity contribution in [3.05, 3.63) is 17.7 Å². The zero-order chi connectivity index (χ0) is 14.4. The highest BCUT2D eigenvalue weighted by atomic mass is 16.3. The molecule has 0 spiro atoms. The standard InChI is InChI=1S/C15H24N2O2/c1-5-16(6-2)13-10-9-12(11-18)15(19)14(13)17(7-3)8-4/h9-11,19H,5-8H2,1-4H3. The second-order valence-electron chi connectivity index (χ2n) is 4.33. The fraction of sp³-hybridized carbons (Fsp3) is 0.533. The zero-order valence-electron chi connectivity index (χ0n) is 12.3. The Kier molecular flexibility index (Phi) is 5.67. The lowest BCUT2D eigenvalue weighted by Crippen LogP contribution is -2.28. The van der Waals surface area contributed by atoms with Crippen molar-refractivity contribution in [2.24, 2.45) is 0 Å². The predicted molar refractivity (Wildman–Crippen MR) is 80.6 cm³/mol. The molecule has 0 bridgehead atoms. The number of nitrogens with zero attached hydrogens (tertiary/aromatic N) is 2. The van der Waals surface area contributed by atoms with Crippen molar-refractivity contribution in [2.75, 3.05) is 36.0 Å². The fourth-order valence-electron chi connectivity index (χ4n) is 2.35. The van der Waals surface area contributed by atoms with E-state index in [2.05, 4.69) is 23.6 Å². The molecule has 1 aromatic carbocycles. The largest absolute Gasteiger partial charge is 0.505 e. The summed E-state index contributed by atoms with van der Waals surface area (Å²) in [7, 11) is 0. The fourth-order valence-corrected chi connectivity index (χ4v) is 2.35. The number of hydrogen-bond donors (Lipinski definition) is 1. The van der Waals surface area contributed by atoms with E-state index in [-0.39, 0.29) is 5.75 Å². The summed E-state index contributed by atoms with van der Waals surface area (Å²) < 4.78 is 0. The molecule has 0 unspecified atom stereocenters. The van der Waals surface area contributed by atoms with E-state index in [0.29, 0.717) is 11.8 Å². The number of aldehydes is 1. The Balaban J connectivity index is 3.45. The molecular weight excluding hydrogens is 240 g/mol. The summed E-state index contributed by atoms with van der Waals surface area (Å²) in [5.74, 6) is 0.0862. The Bertz CT molecular complexity index is 424. The van der Waals surface area contributed by atoms with Gasteiger partial charge in [-0.3, -0.25) is 4.79 Å². The Morgan fingerprint density at radius 2 is 1.53 bits per heavy atom. The maximum absolute atomic E-state index is 11.0. The van der Waals surface area contributed by atoms with Gasteiger partial charge < -0.3 is 14.9 Å². The normalized spacial score (nSPS) is 10.3. The minimum absolute atomic E-state index is 0.0862. The number of benzene rings is 1. The van der Waals surface area contributed by atoms with E-state index in [1.165, 1.54) is 0 Å². The van der Waals surface area contributed by atoms with Crippen LogP contribution in [0.4, 0.5) is 11.4 Å². The minimum atomic E-state index is 0.0862. The molecular formula is C15H24N2O2. The molecule has 4 nitrogen and oxygen atoms in total. The van der Waals surface area contributed by atoms with Crippen LogP contribution in [0, 0.1) is 0 Å². The van der Waals surface area contributed by atoms with Gasteiger partial charge in [0.2, 0.25) is 0 Å². The zero-order valence-corrected chi connectivity index (χ0v) is 12.3. The van der Waals surface area contributed by atoms with E-state index in [0.717, 1.165) is 37.6 Å². The summed E-state index contributed by atoms with van der Waals surface area (Å²) >= 11 is 0. The van der Waals surface area contributed by atoms with Crippen molar-refractivity contribution in [1.82, 2.24) is 0 Å². The number of rotatable bonds is 7. The number of carbonyl (C=O) groups is 1. The molecule has 106 valence electrons. The van der Waals surface area contributed by atoms with Crippen LogP contribution in [0.1, 0.15) is 38.1 Å². The van der Waals surface area contributed by atoms with Gasteiger partial charge in [-0.1, -0.05) is 0 Å². The van der Waals surface area contributed by atoms with Crippen molar-refractivity contribution in [2.45, 2.75) is 27.7 Å². The smallest absolute Gasteiger partial charge is 0.153 e.